The van der Waals surface area contributed by atoms with Crippen molar-refractivity contribution in [1.82, 2.24) is 19.5 Å². The van der Waals surface area contributed by atoms with Crippen molar-refractivity contribution in [3.63, 3.8) is 0 Å². The van der Waals surface area contributed by atoms with Crippen molar-refractivity contribution in [2.45, 2.75) is 18.4 Å². The number of nitrogens with zero attached hydrogens (tertiary/aromatic N) is 4. The van der Waals surface area contributed by atoms with Crippen LogP contribution >= 0.6 is 23.2 Å². The number of imidazole rings is 1. The number of hydrogen-bond donors (Lipinski definition) is 1. The number of halogens is 2. The Labute approximate surface area is 206 Å². The lowest BCUT2D eigenvalue weighted by Gasteiger charge is -2.30. The second-order valence-electron chi connectivity index (χ2n) is 7.80. The van der Waals surface area contributed by atoms with Crippen molar-refractivity contribution in [3.05, 3.63) is 89.1 Å². The molecule has 5 rings (SSSR count). The van der Waals surface area contributed by atoms with Gasteiger partial charge in [-0.3, -0.25) is 0 Å². The molecule has 0 spiro atoms. The van der Waals surface area contributed by atoms with Crippen molar-refractivity contribution in [3.8, 4) is 17.0 Å². The van der Waals surface area contributed by atoms with Gasteiger partial charge in [-0.05, 0) is 42.5 Å². The first-order valence-electron chi connectivity index (χ1n) is 10.6. The summed E-state index contributed by atoms with van der Waals surface area (Å²) >= 11 is 12.6. The largest absolute Gasteiger partial charge is 0.491 e. The van der Waals surface area contributed by atoms with Crippen LogP contribution < -0.4 is 10.5 Å². The first-order chi connectivity index (χ1) is 16.5. The average Bonchev–Trinajstić information content (AvgIpc) is 3.49. The van der Waals surface area contributed by atoms with E-state index in [1.807, 2.05) is 41.1 Å². The van der Waals surface area contributed by atoms with Crippen LogP contribution in [0.4, 0.5) is 5.95 Å². The van der Waals surface area contributed by atoms with Gasteiger partial charge in [-0.25, -0.2) is 15.0 Å². The second kappa shape index (κ2) is 9.60. The minimum Gasteiger partial charge on any atom is -0.491 e. The summed E-state index contributed by atoms with van der Waals surface area (Å²) in [6.45, 7) is 1.02. The lowest BCUT2D eigenvalue weighted by atomic mass is 10.1. The smallest absolute Gasteiger partial charge is 0.220 e. The zero-order valence-corrected chi connectivity index (χ0v) is 19.5. The Balaban J connectivity index is 1.29. The minimum atomic E-state index is -1.09. The summed E-state index contributed by atoms with van der Waals surface area (Å²) in [5.74, 6) is -0.157. The Morgan fingerprint density at radius 2 is 1.97 bits per heavy atom. The molecule has 0 radical (unpaired) electrons. The Morgan fingerprint density at radius 1 is 1.12 bits per heavy atom. The van der Waals surface area contributed by atoms with Gasteiger partial charge in [-0.1, -0.05) is 29.3 Å². The fourth-order valence-corrected chi connectivity index (χ4v) is 4.37. The molecule has 1 aliphatic heterocycles. The van der Waals surface area contributed by atoms with Crippen LogP contribution in [0.25, 0.3) is 11.3 Å². The number of nitrogens with two attached hydrogens (primary N) is 1. The molecule has 2 atom stereocenters. The molecule has 0 amide bonds. The fourth-order valence-electron chi connectivity index (χ4n) is 3.82. The molecule has 3 heterocycles. The number of anilines is 1. The first-order valence-corrected chi connectivity index (χ1v) is 11.3. The lowest BCUT2D eigenvalue weighted by molar-refractivity contribution is -0.189. The predicted octanol–water partition coefficient (Wildman–Crippen LogP) is 4.58. The molecule has 0 bridgehead atoms. The highest BCUT2D eigenvalue weighted by Crippen LogP contribution is 2.40. The van der Waals surface area contributed by atoms with Crippen molar-refractivity contribution >= 4 is 29.2 Å². The molecule has 10 heteroatoms. The van der Waals surface area contributed by atoms with Gasteiger partial charge in [0.25, 0.3) is 0 Å². The molecule has 0 unspecified atom stereocenters. The van der Waals surface area contributed by atoms with E-state index in [4.69, 9.17) is 43.1 Å². The maximum absolute atomic E-state index is 6.52. The molecule has 1 fully saturated rings. The molecule has 2 aromatic heterocycles. The second-order valence-corrected chi connectivity index (χ2v) is 8.64. The third-order valence-corrected chi connectivity index (χ3v) is 5.96. The normalized spacial score (nSPS) is 19.9. The van der Waals surface area contributed by atoms with E-state index < -0.39 is 5.79 Å². The number of aromatic nitrogens is 4. The van der Waals surface area contributed by atoms with Crippen LogP contribution in [0, 0.1) is 0 Å². The Kier molecular flexibility index (Phi) is 6.38. The summed E-state index contributed by atoms with van der Waals surface area (Å²) in [5, 5.41) is 1.01. The molecule has 1 aliphatic rings. The van der Waals surface area contributed by atoms with Gasteiger partial charge in [0.05, 0.1) is 30.2 Å². The van der Waals surface area contributed by atoms with Crippen LogP contribution in [0.15, 0.2) is 73.4 Å². The molecule has 1 saturated heterocycles. The van der Waals surface area contributed by atoms with E-state index in [-0.39, 0.29) is 12.1 Å². The van der Waals surface area contributed by atoms with Crippen LogP contribution in [0.5, 0.6) is 5.75 Å². The SMILES string of the molecule is Nc1nccc(-c2ccc(OC[C@H]3CO[C@@](Cn4ccnc4)(c4ccc(Cl)cc4Cl)O3)cc2)n1. The average molecular weight is 498 g/mol. The van der Waals surface area contributed by atoms with Gasteiger partial charge < -0.3 is 24.5 Å². The predicted molar refractivity (Wildman–Crippen MR) is 129 cm³/mol. The third kappa shape index (κ3) is 4.85. The highest BCUT2D eigenvalue weighted by molar-refractivity contribution is 6.35. The highest BCUT2D eigenvalue weighted by atomic mass is 35.5. The molecule has 34 heavy (non-hydrogen) atoms. The lowest BCUT2D eigenvalue weighted by Crippen LogP contribution is -2.34. The van der Waals surface area contributed by atoms with Crippen LogP contribution in [0.2, 0.25) is 10.0 Å². The van der Waals surface area contributed by atoms with E-state index in [1.54, 1.807) is 36.9 Å². The number of ether oxygens (including phenoxy) is 3. The van der Waals surface area contributed by atoms with Gasteiger partial charge in [-0.2, -0.15) is 0 Å². The Morgan fingerprint density at radius 3 is 2.71 bits per heavy atom. The van der Waals surface area contributed by atoms with Gasteiger partial charge in [0, 0.05) is 34.7 Å². The first kappa shape index (κ1) is 22.6. The summed E-state index contributed by atoms with van der Waals surface area (Å²) in [5.41, 5.74) is 8.03. The van der Waals surface area contributed by atoms with E-state index in [0.717, 1.165) is 11.3 Å². The topological polar surface area (TPSA) is 97.3 Å². The molecule has 2 N–H and O–H groups in total. The molecule has 4 aromatic rings. The molecule has 0 saturated carbocycles. The standard InChI is InChI=1S/C24H21Cl2N5O3/c25-17-3-6-20(21(26)11-17)24(14-31-10-9-28-15-31)33-13-19(34-24)12-32-18-4-1-16(2-5-18)22-7-8-29-23(27)30-22/h1-11,15,19H,12-14H2,(H2,27,29,30)/t19-,24+/m0/s1. The van der Waals surface area contributed by atoms with Crippen LogP contribution in [-0.4, -0.2) is 38.8 Å². The van der Waals surface area contributed by atoms with E-state index in [2.05, 4.69) is 15.0 Å². The molecule has 0 aliphatic carbocycles. The molecule has 174 valence electrons. The quantitative estimate of drug-likeness (QED) is 0.399. The maximum Gasteiger partial charge on any atom is 0.220 e. The van der Waals surface area contributed by atoms with Crippen molar-refractivity contribution in [1.29, 1.82) is 0 Å². The van der Waals surface area contributed by atoms with E-state index in [1.165, 1.54) is 0 Å². The van der Waals surface area contributed by atoms with E-state index >= 15 is 0 Å². The number of hydrogen-bond acceptors (Lipinski definition) is 7. The number of benzene rings is 2. The maximum atomic E-state index is 6.52. The highest BCUT2D eigenvalue weighted by Gasteiger charge is 2.45. The number of rotatable bonds is 7. The third-order valence-electron chi connectivity index (χ3n) is 5.41. The molecule has 8 nitrogen and oxygen atoms in total. The molecule has 2 aromatic carbocycles. The van der Waals surface area contributed by atoms with Crippen molar-refractivity contribution < 1.29 is 14.2 Å². The van der Waals surface area contributed by atoms with Gasteiger partial charge in [0.2, 0.25) is 11.7 Å². The Bertz CT molecular complexity index is 1270. The van der Waals surface area contributed by atoms with Crippen molar-refractivity contribution in [2.75, 3.05) is 18.9 Å². The van der Waals surface area contributed by atoms with E-state index in [0.29, 0.717) is 41.1 Å². The zero-order chi connectivity index (χ0) is 23.5. The zero-order valence-electron chi connectivity index (χ0n) is 18.0. The summed E-state index contributed by atoms with van der Waals surface area (Å²) in [6.07, 6.45) is 6.56. The van der Waals surface area contributed by atoms with Crippen LogP contribution in [-0.2, 0) is 21.8 Å². The van der Waals surface area contributed by atoms with Gasteiger partial charge in [0.1, 0.15) is 18.5 Å². The van der Waals surface area contributed by atoms with Gasteiger partial charge >= 0.3 is 0 Å². The number of nitrogen functional groups attached to an aromatic ring is 1. The van der Waals surface area contributed by atoms with Crippen LogP contribution in [0.3, 0.4) is 0 Å². The summed E-state index contributed by atoms with van der Waals surface area (Å²) in [6, 6.07) is 14.6. The van der Waals surface area contributed by atoms with Crippen molar-refractivity contribution in [2.24, 2.45) is 0 Å². The Hall–Kier alpha value is -3.17. The molecular weight excluding hydrogens is 477 g/mol. The van der Waals surface area contributed by atoms with Gasteiger partial charge in [0.15, 0.2) is 0 Å². The van der Waals surface area contributed by atoms with E-state index in [9.17, 15) is 0 Å². The van der Waals surface area contributed by atoms with Gasteiger partial charge in [-0.15, -0.1) is 0 Å². The van der Waals surface area contributed by atoms with Crippen LogP contribution in [0.1, 0.15) is 5.56 Å². The summed E-state index contributed by atoms with van der Waals surface area (Å²) < 4.78 is 20.5. The molecular formula is C24H21Cl2N5O3. The monoisotopic (exact) mass is 497 g/mol. The summed E-state index contributed by atoms with van der Waals surface area (Å²) in [7, 11) is 0. The fraction of sp³-hybridized carbons (Fsp3) is 0.208. The summed E-state index contributed by atoms with van der Waals surface area (Å²) in [4.78, 5) is 12.3. The minimum absolute atomic E-state index is 0.233.